The standard InChI is InChI=1S/C18H28O5Si/c1-18(2,3)24(4,5)23-15-14-13(11-20-16(15)19)21-17(22-14)12-9-7-6-8-10-12/h6-10,13-17,19H,11H2,1-5H3/t13-,14-,15-,16?,17-/m1/s1. The summed E-state index contributed by atoms with van der Waals surface area (Å²) < 4.78 is 24.0. The third kappa shape index (κ3) is 3.45. The molecule has 0 aromatic heterocycles. The molecule has 1 N–H and O–H groups in total. The molecule has 1 aromatic carbocycles. The summed E-state index contributed by atoms with van der Waals surface area (Å²) in [6, 6.07) is 9.83. The summed E-state index contributed by atoms with van der Waals surface area (Å²) in [5, 5.41) is 10.4. The molecule has 5 nitrogen and oxygen atoms in total. The highest BCUT2D eigenvalue weighted by Gasteiger charge is 2.52. The van der Waals surface area contributed by atoms with Crippen molar-refractivity contribution in [2.75, 3.05) is 6.61 Å². The fraction of sp³-hybridized carbons (Fsp3) is 0.667. The quantitative estimate of drug-likeness (QED) is 0.847. The third-order valence-corrected chi connectivity index (χ3v) is 9.76. The lowest BCUT2D eigenvalue weighted by Gasteiger charge is -2.44. The van der Waals surface area contributed by atoms with E-state index in [1.807, 2.05) is 30.3 Å². The topological polar surface area (TPSA) is 57.2 Å². The van der Waals surface area contributed by atoms with E-state index in [-0.39, 0.29) is 17.2 Å². The minimum Gasteiger partial charge on any atom is -0.406 e. The van der Waals surface area contributed by atoms with Crippen LogP contribution >= 0.6 is 0 Å². The predicted molar refractivity (Wildman–Crippen MR) is 93.0 cm³/mol. The van der Waals surface area contributed by atoms with E-state index >= 15 is 0 Å². The Hall–Kier alpha value is -0.763. The molecule has 0 bridgehead atoms. The molecular weight excluding hydrogens is 324 g/mol. The molecule has 6 heteroatoms. The van der Waals surface area contributed by atoms with Crippen molar-refractivity contribution >= 4 is 8.32 Å². The fourth-order valence-corrected chi connectivity index (χ4v) is 4.07. The molecule has 2 saturated heterocycles. The maximum Gasteiger partial charge on any atom is 0.192 e. The van der Waals surface area contributed by atoms with Crippen molar-refractivity contribution in [2.24, 2.45) is 0 Å². The van der Waals surface area contributed by atoms with Crippen molar-refractivity contribution in [3.05, 3.63) is 35.9 Å². The van der Waals surface area contributed by atoms with Gasteiger partial charge in [0.15, 0.2) is 20.9 Å². The molecule has 1 unspecified atom stereocenters. The zero-order valence-electron chi connectivity index (χ0n) is 15.1. The largest absolute Gasteiger partial charge is 0.406 e. The van der Waals surface area contributed by atoms with E-state index in [9.17, 15) is 5.11 Å². The van der Waals surface area contributed by atoms with Crippen molar-refractivity contribution in [1.29, 1.82) is 0 Å². The first-order valence-electron chi connectivity index (χ1n) is 8.52. The number of hydrogen-bond donors (Lipinski definition) is 1. The number of rotatable bonds is 3. The van der Waals surface area contributed by atoms with Crippen LogP contribution in [-0.4, -0.2) is 44.6 Å². The molecule has 0 amide bonds. The molecule has 2 aliphatic rings. The SMILES string of the molecule is CC(C)(C)[Si](C)(C)O[C@H]1C(O)OC[C@H]2O[C@@H](c3ccccc3)O[C@H]21. The van der Waals surface area contributed by atoms with Crippen LogP contribution < -0.4 is 0 Å². The Bertz CT molecular complexity index is 556. The molecule has 0 spiro atoms. The summed E-state index contributed by atoms with van der Waals surface area (Å²) in [7, 11) is -2.07. The zero-order valence-corrected chi connectivity index (χ0v) is 16.1. The monoisotopic (exact) mass is 352 g/mol. The molecule has 134 valence electrons. The highest BCUT2D eigenvalue weighted by atomic mass is 28.4. The average Bonchev–Trinajstić information content (AvgIpc) is 2.94. The fourth-order valence-electron chi connectivity index (χ4n) is 2.78. The number of ether oxygens (including phenoxy) is 3. The van der Waals surface area contributed by atoms with Gasteiger partial charge in [-0.3, -0.25) is 0 Å². The van der Waals surface area contributed by atoms with E-state index < -0.39 is 27.0 Å². The summed E-state index contributed by atoms with van der Waals surface area (Å²) in [4.78, 5) is 0. The Balaban J connectivity index is 1.78. The van der Waals surface area contributed by atoms with Gasteiger partial charge in [0.05, 0.1) is 6.61 Å². The van der Waals surface area contributed by atoms with E-state index in [1.54, 1.807) is 0 Å². The van der Waals surface area contributed by atoms with Crippen LogP contribution in [0, 0.1) is 0 Å². The van der Waals surface area contributed by atoms with Crippen LogP contribution in [-0.2, 0) is 18.6 Å². The van der Waals surface area contributed by atoms with Gasteiger partial charge in [-0.25, -0.2) is 0 Å². The Morgan fingerprint density at radius 2 is 1.79 bits per heavy atom. The maximum atomic E-state index is 10.3. The van der Waals surface area contributed by atoms with Gasteiger partial charge in [-0.15, -0.1) is 0 Å². The second-order valence-corrected chi connectivity index (χ2v) is 12.8. The van der Waals surface area contributed by atoms with Crippen LogP contribution in [0.3, 0.4) is 0 Å². The average molecular weight is 353 g/mol. The van der Waals surface area contributed by atoms with Crippen LogP contribution in [0.15, 0.2) is 30.3 Å². The molecule has 24 heavy (non-hydrogen) atoms. The lowest BCUT2D eigenvalue weighted by Crippen LogP contribution is -2.57. The van der Waals surface area contributed by atoms with Crippen LogP contribution in [0.5, 0.6) is 0 Å². The van der Waals surface area contributed by atoms with Gasteiger partial charge in [0, 0.05) is 5.56 Å². The van der Waals surface area contributed by atoms with Crippen molar-refractivity contribution in [2.45, 2.75) is 69.8 Å². The molecule has 2 fully saturated rings. The number of fused-ring (bicyclic) bond motifs is 1. The van der Waals surface area contributed by atoms with E-state index in [0.717, 1.165) is 5.56 Å². The van der Waals surface area contributed by atoms with Crippen LogP contribution in [0.2, 0.25) is 18.1 Å². The van der Waals surface area contributed by atoms with Gasteiger partial charge in [-0.2, -0.15) is 0 Å². The van der Waals surface area contributed by atoms with Gasteiger partial charge in [-0.1, -0.05) is 51.1 Å². The molecule has 0 saturated carbocycles. The van der Waals surface area contributed by atoms with E-state index in [0.29, 0.717) is 6.61 Å². The first kappa shape index (κ1) is 18.0. The van der Waals surface area contributed by atoms with Crippen molar-refractivity contribution in [3.63, 3.8) is 0 Å². The molecule has 2 heterocycles. The normalized spacial score (nSPS) is 34.2. The highest BCUT2D eigenvalue weighted by Crippen LogP contribution is 2.42. The summed E-state index contributed by atoms with van der Waals surface area (Å²) in [5.41, 5.74) is 0.965. The van der Waals surface area contributed by atoms with Crippen molar-refractivity contribution < 1.29 is 23.7 Å². The molecule has 5 atom stereocenters. The molecule has 3 rings (SSSR count). The van der Waals surface area contributed by atoms with Gasteiger partial charge in [0.25, 0.3) is 0 Å². The summed E-state index contributed by atoms with van der Waals surface area (Å²) in [5.74, 6) is 0. The maximum absolute atomic E-state index is 10.3. The molecule has 0 radical (unpaired) electrons. The van der Waals surface area contributed by atoms with E-state index in [4.69, 9.17) is 18.6 Å². The van der Waals surface area contributed by atoms with Gasteiger partial charge < -0.3 is 23.7 Å². The number of aliphatic hydroxyl groups excluding tert-OH is 1. The first-order chi connectivity index (χ1) is 11.2. The Kier molecular flexibility index (Phi) is 4.90. The molecule has 0 aliphatic carbocycles. The Labute approximate surface area is 145 Å². The lowest BCUT2D eigenvalue weighted by molar-refractivity contribution is -0.224. The highest BCUT2D eigenvalue weighted by molar-refractivity contribution is 6.74. The Morgan fingerprint density at radius 1 is 1.12 bits per heavy atom. The van der Waals surface area contributed by atoms with Gasteiger partial charge in [-0.05, 0) is 18.1 Å². The first-order valence-corrected chi connectivity index (χ1v) is 11.4. The van der Waals surface area contributed by atoms with E-state index in [1.165, 1.54) is 0 Å². The molecular formula is C18H28O5Si. The lowest BCUT2D eigenvalue weighted by atomic mass is 10.1. The Morgan fingerprint density at radius 3 is 2.42 bits per heavy atom. The zero-order chi connectivity index (χ0) is 17.5. The smallest absolute Gasteiger partial charge is 0.192 e. The van der Waals surface area contributed by atoms with Gasteiger partial charge >= 0.3 is 0 Å². The van der Waals surface area contributed by atoms with Crippen LogP contribution in [0.25, 0.3) is 0 Å². The van der Waals surface area contributed by atoms with Gasteiger partial charge in [0.1, 0.15) is 18.3 Å². The second kappa shape index (κ2) is 6.51. The predicted octanol–water partition coefficient (Wildman–Crippen LogP) is 3.21. The minimum absolute atomic E-state index is 0.0396. The van der Waals surface area contributed by atoms with E-state index in [2.05, 4.69) is 33.9 Å². The second-order valence-electron chi connectivity index (χ2n) is 8.08. The summed E-state index contributed by atoms with van der Waals surface area (Å²) in [6.45, 7) is 11.1. The van der Waals surface area contributed by atoms with Crippen LogP contribution in [0.4, 0.5) is 0 Å². The summed E-state index contributed by atoms with van der Waals surface area (Å²) in [6.07, 6.45) is -2.51. The molecule has 1 aromatic rings. The number of hydrogen-bond acceptors (Lipinski definition) is 5. The number of aliphatic hydroxyl groups is 1. The third-order valence-electron chi connectivity index (χ3n) is 5.29. The minimum atomic E-state index is -2.07. The summed E-state index contributed by atoms with van der Waals surface area (Å²) >= 11 is 0. The molecule has 2 aliphatic heterocycles. The van der Waals surface area contributed by atoms with Crippen molar-refractivity contribution in [1.82, 2.24) is 0 Å². The van der Waals surface area contributed by atoms with Gasteiger partial charge in [0.2, 0.25) is 0 Å². The van der Waals surface area contributed by atoms with Crippen LogP contribution in [0.1, 0.15) is 32.6 Å². The number of benzene rings is 1. The van der Waals surface area contributed by atoms with Crippen molar-refractivity contribution in [3.8, 4) is 0 Å².